The number of fused-ring (bicyclic) bond motifs is 5. The van der Waals surface area contributed by atoms with Crippen molar-refractivity contribution in [2.45, 2.75) is 117 Å². The average Bonchev–Trinajstić information content (AvgIpc) is 3.04. The molecule has 1 N–H and O–H groups in total. The van der Waals surface area contributed by atoms with Gasteiger partial charge in [-0.3, -0.25) is 4.79 Å². The number of ether oxygens (including phenoxy) is 1. The van der Waals surface area contributed by atoms with Gasteiger partial charge in [0.05, 0.1) is 5.60 Å². The minimum absolute atomic E-state index is 0.0660. The van der Waals surface area contributed by atoms with Crippen LogP contribution in [0.25, 0.3) is 0 Å². The van der Waals surface area contributed by atoms with Crippen molar-refractivity contribution in [2.75, 3.05) is 0 Å². The molecule has 0 unspecified atom stereocenters. The van der Waals surface area contributed by atoms with Gasteiger partial charge in [-0.05, 0) is 93.3 Å². The van der Waals surface area contributed by atoms with Crippen LogP contribution >= 0.6 is 0 Å². The van der Waals surface area contributed by atoms with Gasteiger partial charge in [0.15, 0.2) is 0 Å². The zero-order valence-corrected chi connectivity index (χ0v) is 21.4. The monoisotopic (exact) mass is 442 g/mol. The molecule has 3 saturated carbocycles. The Morgan fingerprint density at radius 3 is 2.59 bits per heavy atom. The number of allylic oxidation sites excluding steroid dienone is 3. The van der Waals surface area contributed by atoms with E-state index in [0.29, 0.717) is 11.3 Å². The Kier molecular flexibility index (Phi) is 6.46. The Bertz CT molecular complexity index is 787. The Morgan fingerprint density at radius 1 is 1.16 bits per heavy atom. The average molecular weight is 443 g/mol. The van der Waals surface area contributed by atoms with Crippen molar-refractivity contribution in [2.24, 2.45) is 34.5 Å². The van der Waals surface area contributed by atoms with Crippen molar-refractivity contribution < 1.29 is 14.6 Å². The van der Waals surface area contributed by atoms with E-state index in [-0.39, 0.29) is 17.5 Å². The maximum absolute atomic E-state index is 11.5. The minimum Gasteiger partial charge on any atom is -0.462 e. The molecule has 0 aliphatic heterocycles. The van der Waals surface area contributed by atoms with Crippen LogP contribution < -0.4 is 0 Å². The first-order valence-corrected chi connectivity index (χ1v) is 13.2. The maximum Gasteiger partial charge on any atom is 0.302 e. The van der Waals surface area contributed by atoms with Gasteiger partial charge in [0.1, 0.15) is 6.10 Å². The van der Waals surface area contributed by atoms with Crippen molar-refractivity contribution >= 4 is 5.97 Å². The molecule has 0 heterocycles. The van der Waals surface area contributed by atoms with Crippen molar-refractivity contribution in [3.8, 4) is 0 Å². The highest BCUT2D eigenvalue weighted by Crippen LogP contribution is 2.66. The fourth-order valence-corrected chi connectivity index (χ4v) is 8.34. The summed E-state index contributed by atoms with van der Waals surface area (Å²) in [6, 6.07) is 0. The molecular weight excluding hydrogens is 396 g/mol. The summed E-state index contributed by atoms with van der Waals surface area (Å²) in [5.41, 5.74) is 3.39. The van der Waals surface area contributed by atoms with Crippen LogP contribution in [0.3, 0.4) is 0 Å². The highest BCUT2D eigenvalue weighted by atomic mass is 16.5. The second-order valence-electron chi connectivity index (χ2n) is 12.8. The Morgan fingerprint density at radius 2 is 1.91 bits per heavy atom. The van der Waals surface area contributed by atoms with Crippen molar-refractivity contribution in [1.82, 2.24) is 0 Å². The molecule has 0 aromatic heterocycles. The fourth-order valence-electron chi connectivity index (χ4n) is 8.34. The number of rotatable bonds is 6. The minimum atomic E-state index is -0.541. The lowest BCUT2D eigenvalue weighted by Crippen LogP contribution is -2.46. The van der Waals surface area contributed by atoms with Crippen LogP contribution in [0.2, 0.25) is 0 Å². The summed E-state index contributed by atoms with van der Waals surface area (Å²) in [7, 11) is 0. The summed E-state index contributed by atoms with van der Waals surface area (Å²) in [5.74, 6) is 2.78. The summed E-state index contributed by atoms with van der Waals surface area (Å²) < 4.78 is 5.58. The molecular formula is C29H46O3. The molecule has 0 amide bonds. The molecule has 3 fully saturated rings. The number of esters is 1. The molecule has 0 aromatic rings. The first-order valence-electron chi connectivity index (χ1n) is 13.2. The molecule has 0 aromatic carbocycles. The van der Waals surface area contributed by atoms with E-state index in [9.17, 15) is 9.90 Å². The first-order chi connectivity index (χ1) is 14.9. The number of hydrogen-bond donors (Lipinski definition) is 1. The van der Waals surface area contributed by atoms with Crippen LogP contribution in [0, 0.1) is 34.5 Å². The first kappa shape index (κ1) is 24.0. The van der Waals surface area contributed by atoms with Crippen LogP contribution in [0.5, 0.6) is 0 Å². The van der Waals surface area contributed by atoms with Gasteiger partial charge >= 0.3 is 5.97 Å². The summed E-state index contributed by atoms with van der Waals surface area (Å²) >= 11 is 0. The van der Waals surface area contributed by atoms with Crippen LogP contribution in [-0.2, 0) is 9.53 Å². The van der Waals surface area contributed by atoms with E-state index < -0.39 is 5.60 Å². The van der Waals surface area contributed by atoms with E-state index in [1.54, 1.807) is 5.57 Å². The largest absolute Gasteiger partial charge is 0.462 e. The third-order valence-corrected chi connectivity index (χ3v) is 10.1. The zero-order chi connectivity index (χ0) is 23.3. The normalized spacial score (nSPS) is 39.8. The predicted octanol–water partition coefficient (Wildman–Crippen LogP) is 6.99. The number of aliphatic hydroxyl groups is 1. The third kappa shape index (κ3) is 4.36. The Balaban J connectivity index is 1.49. The predicted molar refractivity (Wildman–Crippen MR) is 130 cm³/mol. The van der Waals surface area contributed by atoms with Crippen LogP contribution in [-0.4, -0.2) is 22.8 Å². The number of carbonyl (C=O) groups excluding carboxylic acids is 1. The summed E-state index contributed by atoms with van der Waals surface area (Å²) in [6.45, 7) is 13.0. The number of hydrogen-bond acceptors (Lipinski definition) is 3. The highest BCUT2D eigenvalue weighted by Gasteiger charge is 2.57. The van der Waals surface area contributed by atoms with Crippen molar-refractivity contribution in [1.29, 1.82) is 0 Å². The van der Waals surface area contributed by atoms with Gasteiger partial charge in [-0.1, -0.05) is 56.9 Å². The molecule has 3 heteroatoms. The van der Waals surface area contributed by atoms with Crippen LogP contribution in [0.1, 0.15) is 106 Å². The molecule has 4 aliphatic rings. The molecule has 7 atom stereocenters. The van der Waals surface area contributed by atoms with E-state index in [1.165, 1.54) is 44.6 Å². The van der Waals surface area contributed by atoms with Gasteiger partial charge in [0.25, 0.3) is 0 Å². The third-order valence-electron chi connectivity index (χ3n) is 10.1. The molecule has 0 saturated heterocycles. The fraction of sp³-hybridized carbons (Fsp3) is 0.828. The van der Waals surface area contributed by atoms with Gasteiger partial charge < -0.3 is 9.84 Å². The van der Waals surface area contributed by atoms with Gasteiger partial charge in [0, 0.05) is 13.3 Å². The lowest BCUT2D eigenvalue weighted by molar-refractivity contribution is -0.148. The van der Waals surface area contributed by atoms with Crippen LogP contribution in [0.15, 0.2) is 23.3 Å². The van der Waals surface area contributed by atoms with E-state index >= 15 is 0 Å². The smallest absolute Gasteiger partial charge is 0.302 e. The van der Waals surface area contributed by atoms with E-state index in [2.05, 4.69) is 32.9 Å². The van der Waals surface area contributed by atoms with E-state index in [0.717, 1.165) is 49.9 Å². The van der Waals surface area contributed by atoms with Gasteiger partial charge in [0.2, 0.25) is 0 Å². The Hall–Kier alpha value is -1.09. The Labute approximate surface area is 196 Å². The zero-order valence-electron chi connectivity index (χ0n) is 21.4. The standard InChI is InChI=1S/C29H46O3/c1-19(8-7-15-27(3,4)31)24-11-12-25-23-10-9-21-18-22(32-20(2)30)13-16-28(21,5)26(23)14-17-29(24,25)6/h9-10,19,22,24-26,31H,7-8,11-18H2,1-6H3/t19-,22-,24-,25+,26+,28+,29-/m1/s1. The number of carbonyl (C=O) groups is 1. The van der Waals surface area contributed by atoms with Gasteiger partial charge in [-0.2, -0.15) is 0 Å². The molecule has 4 aliphatic carbocycles. The van der Waals surface area contributed by atoms with Crippen molar-refractivity contribution in [3.63, 3.8) is 0 Å². The molecule has 4 rings (SSSR count). The molecule has 0 spiro atoms. The molecule has 3 nitrogen and oxygen atoms in total. The topological polar surface area (TPSA) is 46.5 Å². The summed E-state index contributed by atoms with van der Waals surface area (Å²) in [4.78, 5) is 11.5. The lowest BCUT2D eigenvalue weighted by Gasteiger charge is -2.55. The van der Waals surface area contributed by atoms with Gasteiger partial charge in [-0.15, -0.1) is 0 Å². The molecule has 180 valence electrons. The van der Waals surface area contributed by atoms with Crippen LogP contribution in [0.4, 0.5) is 0 Å². The summed E-state index contributed by atoms with van der Waals surface area (Å²) in [5, 5.41) is 10.1. The molecule has 32 heavy (non-hydrogen) atoms. The quantitative estimate of drug-likeness (QED) is 0.451. The van der Waals surface area contributed by atoms with E-state index in [4.69, 9.17) is 4.74 Å². The second kappa shape index (κ2) is 8.60. The lowest BCUT2D eigenvalue weighted by atomic mass is 9.50. The van der Waals surface area contributed by atoms with Crippen molar-refractivity contribution in [3.05, 3.63) is 23.3 Å². The molecule has 0 bridgehead atoms. The highest BCUT2D eigenvalue weighted by molar-refractivity contribution is 5.66. The summed E-state index contributed by atoms with van der Waals surface area (Å²) in [6.07, 6.45) is 16.6. The van der Waals surface area contributed by atoms with Gasteiger partial charge in [-0.25, -0.2) is 0 Å². The van der Waals surface area contributed by atoms with E-state index in [1.807, 2.05) is 13.8 Å². The SMILES string of the molecule is CC(=O)O[C@@H]1CC[C@@]2(C)C(=CC=C3[C@@H]4CC[C@H]([C@H](C)CCCC(C)(C)O)[C@@]4(C)CC[C@@H]32)C1. The maximum atomic E-state index is 11.5. The second-order valence-corrected chi connectivity index (χ2v) is 12.8. The molecule has 0 radical (unpaired) electrons.